The van der Waals surface area contributed by atoms with Gasteiger partial charge in [0, 0.05) is 5.56 Å². The van der Waals surface area contributed by atoms with E-state index in [0.29, 0.717) is 17.6 Å². The summed E-state index contributed by atoms with van der Waals surface area (Å²) in [4.78, 5) is 12.1. The van der Waals surface area contributed by atoms with Crippen molar-refractivity contribution >= 4 is 5.97 Å². The van der Waals surface area contributed by atoms with Gasteiger partial charge in [-0.1, -0.05) is 47.6 Å². The molecule has 1 aromatic carbocycles. The highest BCUT2D eigenvalue weighted by molar-refractivity contribution is 5.70. The van der Waals surface area contributed by atoms with Crippen LogP contribution in [0.3, 0.4) is 0 Å². The first-order valence-electron chi connectivity index (χ1n) is 8.59. The lowest BCUT2D eigenvalue weighted by molar-refractivity contribution is -0.896. The van der Waals surface area contributed by atoms with Crippen molar-refractivity contribution in [3.8, 4) is 0 Å². The summed E-state index contributed by atoms with van der Waals surface area (Å²) >= 11 is 0. The van der Waals surface area contributed by atoms with E-state index in [1.54, 1.807) is 0 Å². The van der Waals surface area contributed by atoms with E-state index >= 15 is 0 Å². The van der Waals surface area contributed by atoms with Crippen LogP contribution in [-0.2, 0) is 16.1 Å². The average Bonchev–Trinajstić information content (AvgIpc) is 2.46. The minimum absolute atomic E-state index is 0.149. The molecular weight excluding hydrogens is 298 g/mol. The van der Waals surface area contributed by atoms with Gasteiger partial charge < -0.3 is 9.22 Å². The van der Waals surface area contributed by atoms with Crippen molar-refractivity contribution in [1.82, 2.24) is 0 Å². The maximum atomic E-state index is 12.1. The second kappa shape index (κ2) is 10.1. The standard InChI is InChI=1S/C21H32NO2/c1-18(2)10-9-11-19(3)14-15-24-21(23)17-22(4,5)16-20-12-7-6-8-13-20/h6-8,10,12-14H,9,11,15-17H2,1-5H3/q+1. The Morgan fingerprint density at radius 2 is 1.75 bits per heavy atom. The lowest BCUT2D eigenvalue weighted by atomic mass is 10.1. The lowest BCUT2D eigenvalue weighted by Gasteiger charge is -2.28. The van der Waals surface area contributed by atoms with Gasteiger partial charge in [-0.15, -0.1) is 0 Å². The number of benzene rings is 1. The maximum absolute atomic E-state index is 12.1. The van der Waals surface area contributed by atoms with Crippen molar-refractivity contribution in [2.24, 2.45) is 0 Å². The first kappa shape index (κ1) is 20.2. The molecule has 0 radical (unpaired) electrons. The Kier molecular flexibility index (Phi) is 8.48. The fraction of sp³-hybridized carbons (Fsp3) is 0.476. The van der Waals surface area contributed by atoms with Crippen molar-refractivity contribution in [2.75, 3.05) is 27.2 Å². The van der Waals surface area contributed by atoms with Gasteiger partial charge in [0.2, 0.25) is 0 Å². The molecule has 0 heterocycles. The number of rotatable bonds is 9. The molecule has 0 amide bonds. The van der Waals surface area contributed by atoms with Crippen LogP contribution in [0, 0.1) is 0 Å². The highest BCUT2D eigenvalue weighted by atomic mass is 16.5. The van der Waals surface area contributed by atoms with Crippen LogP contribution in [0.25, 0.3) is 0 Å². The van der Waals surface area contributed by atoms with Crippen molar-refractivity contribution < 1.29 is 14.0 Å². The molecular formula is C21H32NO2+. The third kappa shape index (κ3) is 9.31. The summed E-state index contributed by atoms with van der Waals surface area (Å²) in [7, 11) is 4.10. The number of esters is 1. The van der Waals surface area contributed by atoms with Crippen molar-refractivity contribution in [3.05, 3.63) is 59.2 Å². The Balaban J connectivity index is 2.35. The van der Waals surface area contributed by atoms with Gasteiger partial charge in [0.25, 0.3) is 0 Å². The number of hydrogen-bond acceptors (Lipinski definition) is 2. The number of hydrogen-bond donors (Lipinski definition) is 0. The largest absolute Gasteiger partial charge is 0.457 e. The topological polar surface area (TPSA) is 26.3 Å². The van der Waals surface area contributed by atoms with Crippen LogP contribution in [0.15, 0.2) is 53.6 Å². The molecule has 0 aliphatic rings. The Morgan fingerprint density at radius 3 is 2.38 bits per heavy atom. The van der Waals surface area contributed by atoms with Gasteiger partial charge in [0.15, 0.2) is 6.54 Å². The molecule has 0 bridgehead atoms. The molecule has 132 valence electrons. The van der Waals surface area contributed by atoms with E-state index in [4.69, 9.17) is 4.74 Å². The van der Waals surface area contributed by atoms with Crippen LogP contribution >= 0.6 is 0 Å². The average molecular weight is 330 g/mol. The normalized spacial score (nSPS) is 12.0. The molecule has 0 aliphatic carbocycles. The van der Waals surface area contributed by atoms with Crippen molar-refractivity contribution in [3.63, 3.8) is 0 Å². The number of quaternary nitrogens is 1. The monoisotopic (exact) mass is 330 g/mol. The Morgan fingerprint density at radius 1 is 1.08 bits per heavy atom. The summed E-state index contributed by atoms with van der Waals surface area (Å²) in [6.45, 7) is 7.85. The zero-order valence-corrected chi connectivity index (χ0v) is 15.8. The molecule has 0 fully saturated rings. The van der Waals surface area contributed by atoms with E-state index in [1.165, 1.54) is 16.7 Å². The summed E-state index contributed by atoms with van der Waals surface area (Å²) in [5, 5.41) is 0. The Labute approximate surface area is 147 Å². The van der Waals surface area contributed by atoms with E-state index in [-0.39, 0.29) is 5.97 Å². The molecule has 0 saturated heterocycles. The maximum Gasteiger partial charge on any atom is 0.362 e. The molecule has 0 N–H and O–H groups in total. The van der Waals surface area contributed by atoms with Gasteiger partial charge in [0.05, 0.1) is 14.1 Å². The fourth-order valence-electron chi connectivity index (χ4n) is 2.50. The lowest BCUT2D eigenvalue weighted by Crippen LogP contribution is -2.43. The molecule has 0 atom stereocenters. The quantitative estimate of drug-likeness (QED) is 0.378. The van der Waals surface area contributed by atoms with Gasteiger partial charge in [-0.3, -0.25) is 0 Å². The molecule has 0 aliphatic heterocycles. The van der Waals surface area contributed by atoms with Gasteiger partial charge in [-0.2, -0.15) is 0 Å². The van der Waals surface area contributed by atoms with E-state index < -0.39 is 0 Å². The number of ether oxygens (including phenoxy) is 1. The number of likely N-dealkylation sites (N-methyl/N-ethyl adjacent to an activating group) is 1. The SMILES string of the molecule is CC(C)=CCCC(C)=CCOC(=O)C[N+](C)(C)Cc1ccccc1. The van der Waals surface area contributed by atoms with E-state index in [0.717, 1.165) is 19.4 Å². The first-order valence-corrected chi connectivity index (χ1v) is 8.59. The Bertz CT molecular complexity index is 567. The van der Waals surface area contributed by atoms with Crippen LogP contribution < -0.4 is 0 Å². The molecule has 1 rings (SSSR count). The van der Waals surface area contributed by atoms with Crippen LogP contribution in [0.2, 0.25) is 0 Å². The van der Waals surface area contributed by atoms with E-state index in [9.17, 15) is 4.79 Å². The third-order valence-electron chi connectivity index (χ3n) is 3.78. The minimum Gasteiger partial charge on any atom is -0.457 e. The highest BCUT2D eigenvalue weighted by Crippen LogP contribution is 2.10. The van der Waals surface area contributed by atoms with Crippen LogP contribution in [-0.4, -0.2) is 37.7 Å². The molecule has 24 heavy (non-hydrogen) atoms. The molecule has 3 nitrogen and oxygen atoms in total. The summed E-state index contributed by atoms with van der Waals surface area (Å²) in [6.07, 6.45) is 6.29. The van der Waals surface area contributed by atoms with Gasteiger partial charge in [0.1, 0.15) is 13.2 Å². The van der Waals surface area contributed by atoms with E-state index in [2.05, 4.69) is 53.1 Å². The molecule has 0 unspecified atom stereocenters. The third-order valence-corrected chi connectivity index (χ3v) is 3.78. The van der Waals surface area contributed by atoms with E-state index in [1.807, 2.05) is 24.3 Å². The predicted octanol–water partition coefficient (Wildman–Crippen LogP) is 4.50. The van der Waals surface area contributed by atoms with Gasteiger partial charge in [-0.25, -0.2) is 4.79 Å². The zero-order chi connectivity index (χ0) is 18.0. The second-order valence-electron chi connectivity index (χ2n) is 7.29. The summed E-state index contributed by atoms with van der Waals surface area (Å²) in [6, 6.07) is 10.2. The molecule has 1 aromatic rings. The number of carbonyl (C=O) groups excluding carboxylic acids is 1. The number of carbonyl (C=O) groups is 1. The van der Waals surface area contributed by atoms with Gasteiger partial charge >= 0.3 is 5.97 Å². The van der Waals surface area contributed by atoms with Crippen molar-refractivity contribution in [1.29, 1.82) is 0 Å². The number of nitrogens with zero attached hydrogens (tertiary/aromatic N) is 1. The first-order chi connectivity index (χ1) is 11.3. The van der Waals surface area contributed by atoms with Crippen LogP contribution in [0.4, 0.5) is 0 Å². The summed E-state index contributed by atoms with van der Waals surface area (Å²) in [5.41, 5.74) is 3.83. The van der Waals surface area contributed by atoms with Crippen LogP contribution in [0.5, 0.6) is 0 Å². The fourth-order valence-corrected chi connectivity index (χ4v) is 2.50. The molecule has 3 heteroatoms. The highest BCUT2D eigenvalue weighted by Gasteiger charge is 2.21. The smallest absolute Gasteiger partial charge is 0.362 e. The summed E-state index contributed by atoms with van der Waals surface area (Å²) in [5.74, 6) is -0.149. The van der Waals surface area contributed by atoms with Crippen LogP contribution in [0.1, 0.15) is 39.2 Å². The Hall–Kier alpha value is -1.87. The van der Waals surface area contributed by atoms with Gasteiger partial charge in [-0.05, 0) is 39.7 Å². The second-order valence-corrected chi connectivity index (χ2v) is 7.29. The summed E-state index contributed by atoms with van der Waals surface area (Å²) < 4.78 is 5.96. The minimum atomic E-state index is -0.149. The van der Waals surface area contributed by atoms with Crippen molar-refractivity contribution in [2.45, 2.75) is 40.2 Å². The molecule has 0 spiro atoms. The molecule has 0 saturated carbocycles. The predicted molar refractivity (Wildman–Crippen MR) is 101 cm³/mol. The zero-order valence-electron chi connectivity index (χ0n) is 15.8. The number of allylic oxidation sites excluding steroid dienone is 3. The molecule has 0 aromatic heterocycles.